The lowest BCUT2D eigenvalue weighted by Gasteiger charge is -2.45. The molecule has 188 valence electrons. The Hall–Kier alpha value is -3.64. The Morgan fingerprint density at radius 3 is 2.58 bits per heavy atom. The van der Waals surface area contributed by atoms with Crippen molar-refractivity contribution in [2.24, 2.45) is 0 Å². The average molecular weight is 488 g/mol. The Balaban J connectivity index is 1.59. The minimum atomic E-state index is -0.383. The Bertz CT molecular complexity index is 1240. The normalized spacial score (nSPS) is 18.2. The van der Waals surface area contributed by atoms with Crippen LogP contribution in [0.1, 0.15) is 35.3 Å². The summed E-state index contributed by atoms with van der Waals surface area (Å²) in [6.45, 7) is 10.8. The van der Waals surface area contributed by atoms with Crippen LogP contribution in [0.5, 0.6) is 5.75 Å². The van der Waals surface area contributed by atoms with Crippen LogP contribution in [0, 0.1) is 5.82 Å². The smallest absolute Gasteiger partial charge is 0.258 e. The van der Waals surface area contributed by atoms with Gasteiger partial charge >= 0.3 is 0 Å². The van der Waals surface area contributed by atoms with E-state index in [0.717, 1.165) is 36.4 Å². The third-order valence-electron chi connectivity index (χ3n) is 6.93. The quantitative estimate of drug-likeness (QED) is 0.448. The van der Waals surface area contributed by atoms with Crippen molar-refractivity contribution in [3.63, 3.8) is 0 Å². The molecule has 0 radical (unpaired) electrons. The number of phenols is 1. The zero-order valence-corrected chi connectivity index (χ0v) is 21.2. The molecule has 0 unspecified atom stereocenters. The number of halogens is 1. The number of benzene rings is 3. The maximum Gasteiger partial charge on any atom is 0.258 e. The summed E-state index contributed by atoms with van der Waals surface area (Å²) in [5.41, 5.74) is 3.85. The number of rotatable bonds is 7. The molecule has 5 nitrogen and oxygen atoms in total. The predicted molar refractivity (Wildman–Crippen MR) is 145 cm³/mol. The lowest BCUT2D eigenvalue weighted by atomic mass is 9.98. The molecule has 0 spiro atoms. The molecule has 0 aliphatic carbocycles. The van der Waals surface area contributed by atoms with Crippen LogP contribution in [0.25, 0.3) is 0 Å². The van der Waals surface area contributed by atoms with E-state index in [0.29, 0.717) is 23.7 Å². The molecule has 36 heavy (non-hydrogen) atoms. The van der Waals surface area contributed by atoms with Gasteiger partial charge in [0.1, 0.15) is 11.6 Å². The summed E-state index contributed by atoms with van der Waals surface area (Å²) in [7, 11) is 1.64. The van der Waals surface area contributed by atoms with Gasteiger partial charge in [0.25, 0.3) is 5.91 Å². The zero-order chi connectivity index (χ0) is 25.8. The van der Waals surface area contributed by atoms with Gasteiger partial charge in [0.2, 0.25) is 0 Å². The summed E-state index contributed by atoms with van der Waals surface area (Å²) in [6.07, 6.45) is 2.51. The maximum atomic E-state index is 13.7. The molecule has 4 rings (SSSR count). The Morgan fingerprint density at radius 1 is 1.08 bits per heavy atom. The van der Waals surface area contributed by atoms with Gasteiger partial charge < -0.3 is 14.9 Å². The van der Waals surface area contributed by atoms with E-state index in [-0.39, 0.29) is 23.5 Å². The van der Waals surface area contributed by atoms with Crippen molar-refractivity contribution in [1.82, 2.24) is 4.90 Å². The molecule has 1 aliphatic rings. The van der Waals surface area contributed by atoms with Crippen molar-refractivity contribution in [3.05, 3.63) is 102 Å². The van der Waals surface area contributed by atoms with Crippen LogP contribution in [0.15, 0.2) is 79.4 Å². The van der Waals surface area contributed by atoms with Crippen molar-refractivity contribution >= 4 is 17.3 Å². The molecule has 3 aromatic rings. The number of amides is 1. The Morgan fingerprint density at radius 2 is 1.83 bits per heavy atom. The minimum Gasteiger partial charge on any atom is -0.506 e. The summed E-state index contributed by atoms with van der Waals surface area (Å²) in [4.78, 5) is 19.3. The monoisotopic (exact) mass is 487 g/mol. The third-order valence-corrected chi connectivity index (χ3v) is 6.93. The predicted octanol–water partition coefficient (Wildman–Crippen LogP) is 5.48. The number of phenolic OH excluding ortho intramolecular Hbond substituents is 1. The summed E-state index contributed by atoms with van der Waals surface area (Å²) < 4.78 is 13.7. The van der Waals surface area contributed by atoms with E-state index in [1.165, 1.54) is 17.0 Å². The topological polar surface area (TPSA) is 47.0 Å². The second-order valence-corrected chi connectivity index (χ2v) is 9.60. The van der Waals surface area contributed by atoms with Crippen LogP contribution < -0.4 is 9.80 Å². The number of piperazine rings is 1. The third kappa shape index (κ3) is 5.44. The van der Waals surface area contributed by atoms with Gasteiger partial charge in [-0.05, 0) is 67.8 Å². The average Bonchev–Trinajstić information content (AvgIpc) is 2.86. The first-order chi connectivity index (χ1) is 17.3. The van der Waals surface area contributed by atoms with E-state index in [9.17, 15) is 14.3 Å². The standard InChI is InChI=1S/C30H34FN3O2/c1-5-15-33-19-22(3)34(20-21(33)2)29-24(10-7-14-28(29)35)16-23-9-6-11-25(17-23)30(36)32(4)27-13-8-12-26(31)18-27/h5-14,17-18,21-22,35H,1,15-16,19-20H2,2-4H3/t21-,22+/m1/s1. The number of nitrogens with zero attached hydrogens (tertiary/aromatic N) is 3. The van der Waals surface area contributed by atoms with Gasteiger partial charge in [-0.25, -0.2) is 4.39 Å². The number of aromatic hydroxyl groups is 1. The molecular weight excluding hydrogens is 453 g/mol. The number of anilines is 2. The fraction of sp³-hybridized carbons (Fsp3) is 0.300. The summed E-state index contributed by atoms with van der Waals surface area (Å²) in [5, 5.41) is 10.9. The van der Waals surface area contributed by atoms with Gasteiger partial charge in [0, 0.05) is 50.0 Å². The molecule has 1 aliphatic heterocycles. The second-order valence-electron chi connectivity index (χ2n) is 9.60. The molecule has 2 atom stereocenters. The molecule has 0 aromatic heterocycles. The first-order valence-corrected chi connectivity index (χ1v) is 12.3. The van der Waals surface area contributed by atoms with Crippen molar-refractivity contribution in [1.29, 1.82) is 0 Å². The summed E-state index contributed by atoms with van der Waals surface area (Å²) >= 11 is 0. The highest BCUT2D eigenvalue weighted by Crippen LogP contribution is 2.36. The van der Waals surface area contributed by atoms with Crippen molar-refractivity contribution in [2.45, 2.75) is 32.4 Å². The number of hydrogen-bond donors (Lipinski definition) is 1. The van der Waals surface area contributed by atoms with E-state index in [1.807, 2.05) is 36.4 Å². The van der Waals surface area contributed by atoms with Gasteiger partial charge in [-0.3, -0.25) is 9.69 Å². The van der Waals surface area contributed by atoms with E-state index in [4.69, 9.17) is 0 Å². The highest BCUT2D eigenvalue weighted by atomic mass is 19.1. The lowest BCUT2D eigenvalue weighted by Crippen LogP contribution is -2.56. The molecule has 1 N–H and O–H groups in total. The van der Waals surface area contributed by atoms with E-state index in [2.05, 4.69) is 30.2 Å². The minimum absolute atomic E-state index is 0.209. The molecule has 0 saturated carbocycles. The molecule has 1 amide bonds. The molecule has 1 heterocycles. The first-order valence-electron chi connectivity index (χ1n) is 12.3. The fourth-order valence-electron chi connectivity index (χ4n) is 5.01. The number of carbonyl (C=O) groups excluding carboxylic acids is 1. The summed E-state index contributed by atoms with van der Waals surface area (Å²) in [5.74, 6) is -0.327. The zero-order valence-electron chi connectivity index (χ0n) is 21.2. The molecule has 1 saturated heterocycles. The number of para-hydroxylation sites is 1. The largest absolute Gasteiger partial charge is 0.506 e. The van der Waals surface area contributed by atoms with Crippen LogP contribution in [0.3, 0.4) is 0 Å². The van der Waals surface area contributed by atoms with Crippen LogP contribution in [0.4, 0.5) is 15.8 Å². The molecule has 6 heteroatoms. The summed E-state index contributed by atoms with van der Waals surface area (Å²) in [6, 6.07) is 19.7. The van der Waals surface area contributed by atoms with Crippen molar-refractivity contribution < 1.29 is 14.3 Å². The Labute approximate surface area is 213 Å². The van der Waals surface area contributed by atoms with E-state index >= 15 is 0 Å². The molecule has 0 bridgehead atoms. The van der Waals surface area contributed by atoms with Crippen molar-refractivity contribution in [2.75, 3.05) is 36.5 Å². The lowest BCUT2D eigenvalue weighted by molar-refractivity contribution is 0.0993. The number of hydrogen-bond acceptors (Lipinski definition) is 4. The van der Waals surface area contributed by atoms with Crippen LogP contribution in [0.2, 0.25) is 0 Å². The van der Waals surface area contributed by atoms with Gasteiger partial charge in [-0.15, -0.1) is 6.58 Å². The highest BCUT2D eigenvalue weighted by Gasteiger charge is 2.31. The first kappa shape index (κ1) is 25.5. The van der Waals surface area contributed by atoms with Crippen LogP contribution in [-0.2, 0) is 6.42 Å². The van der Waals surface area contributed by atoms with E-state index in [1.54, 1.807) is 31.3 Å². The van der Waals surface area contributed by atoms with Gasteiger partial charge in [-0.1, -0.05) is 36.4 Å². The molecule has 1 fully saturated rings. The van der Waals surface area contributed by atoms with Crippen LogP contribution in [-0.4, -0.2) is 54.7 Å². The molecule has 3 aromatic carbocycles. The fourth-order valence-corrected chi connectivity index (χ4v) is 5.01. The van der Waals surface area contributed by atoms with Gasteiger partial charge in [-0.2, -0.15) is 0 Å². The maximum absolute atomic E-state index is 13.7. The SMILES string of the molecule is C=CCN1C[C@H](C)N(c2c(O)cccc2Cc2cccc(C(=O)N(C)c3cccc(F)c3)c2)C[C@H]1C. The van der Waals surface area contributed by atoms with Crippen LogP contribution >= 0.6 is 0 Å². The molecular formula is C30H34FN3O2. The highest BCUT2D eigenvalue weighted by molar-refractivity contribution is 6.05. The van der Waals surface area contributed by atoms with Gasteiger partial charge in [0.05, 0.1) is 5.69 Å². The second kappa shape index (κ2) is 11.0. The van der Waals surface area contributed by atoms with Gasteiger partial charge in [0.15, 0.2) is 0 Å². The Kier molecular flexibility index (Phi) is 7.75. The van der Waals surface area contributed by atoms with Crippen molar-refractivity contribution in [3.8, 4) is 5.75 Å². The van der Waals surface area contributed by atoms with E-state index < -0.39 is 0 Å². The number of carbonyl (C=O) groups is 1.